The number of aliphatic hydroxyl groups is 1. The van der Waals surface area contributed by atoms with Gasteiger partial charge in [0, 0.05) is 44.0 Å². The molecule has 2 fully saturated rings. The van der Waals surface area contributed by atoms with Crippen LogP contribution in [0.25, 0.3) is 0 Å². The molecule has 0 aliphatic carbocycles. The minimum Gasteiger partial charge on any atom is -0.396 e. The topological polar surface area (TPSA) is 63.1 Å². The van der Waals surface area contributed by atoms with Gasteiger partial charge in [-0.2, -0.15) is 0 Å². The van der Waals surface area contributed by atoms with Crippen LogP contribution in [0.1, 0.15) is 58.4 Å². The lowest BCUT2D eigenvalue weighted by Crippen LogP contribution is -2.54. The van der Waals surface area contributed by atoms with Crippen LogP contribution in [0, 0.1) is 5.92 Å². The summed E-state index contributed by atoms with van der Waals surface area (Å²) >= 11 is 0. The molecule has 0 radical (unpaired) electrons. The predicted octanol–water partition coefficient (Wildman–Crippen LogP) is 3.83. The number of guanidine groups is 1. The van der Waals surface area contributed by atoms with E-state index >= 15 is 0 Å². The van der Waals surface area contributed by atoms with Gasteiger partial charge in [-0.15, -0.1) is 24.0 Å². The molecule has 7 heteroatoms. The van der Waals surface area contributed by atoms with Crippen molar-refractivity contribution in [2.45, 2.75) is 65.0 Å². The Morgan fingerprint density at radius 2 is 1.69 bits per heavy atom. The maximum absolute atomic E-state index is 9.33. The first-order chi connectivity index (χ1) is 15.0. The molecule has 182 valence electrons. The first-order valence-corrected chi connectivity index (χ1v) is 12.2. The van der Waals surface area contributed by atoms with Gasteiger partial charge in [0.05, 0.1) is 6.54 Å². The molecular weight excluding hydrogens is 513 g/mol. The van der Waals surface area contributed by atoms with Crippen LogP contribution in [0.3, 0.4) is 0 Å². The van der Waals surface area contributed by atoms with E-state index in [0.29, 0.717) is 19.1 Å². The van der Waals surface area contributed by atoms with E-state index in [2.05, 4.69) is 65.5 Å². The van der Waals surface area contributed by atoms with Gasteiger partial charge in [0.2, 0.25) is 0 Å². The van der Waals surface area contributed by atoms with Crippen molar-refractivity contribution in [1.82, 2.24) is 15.5 Å². The highest BCUT2D eigenvalue weighted by Gasteiger charge is 2.27. The van der Waals surface area contributed by atoms with E-state index in [0.717, 1.165) is 45.0 Å². The average molecular weight is 558 g/mol. The number of piperidine rings is 2. The Balaban J connectivity index is 0.00000363. The SMILES string of the molecule is CCNC(=NCc1ccc(N2CCC(CO)CC2)cc1)NCC(C)(C)N1CCCCC1.I. The number of nitrogens with zero attached hydrogens (tertiary/aromatic N) is 3. The summed E-state index contributed by atoms with van der Waals surface area (Å²) in [5, 5.41) is 16.3. The monoisotopic (exact) mass is 557 g/mol. The van der Waals surface area contributed by atoms with Crippen molar-refractivity contribution in [1.29, 1.82) is 0 Å². The Morgan fingerprint density at radius 3 is 2.28 bits per heavy atom. The van der Waals surface area contributed by atoms with Crippen LogP contribution >= 0.6 is 24.0 Å². The highest BCUT2D eigenvalue weighted by atomic mass is 127. The van der Waals surface area contributed by atoms with Gasteiger partial charge < -0.3 is 20.6 Å². The number of hydrogen-bond acceptors (Lipinski definition) is 4. The van der Waals surface area contributed by atoms with Crippen molar-refractivity contribution in [2.24, 2.45) is 10.9 Å². The zero-order chi connectivity index (χ0) is 22.1. The van der Waals surface area contributed by atoms with Crippen molar-refractivity contribution in [3.8, 4) is 0 Å². The summed E-state index contributed by atoms with van der Waals surface area (Å²) in [5.74, 6) is 1.37. The lowest BCUT2D eigenvalue weighted by Gasteiger charge is -2.41. The molecule has 32 heavy (non-hydrogen) atoms. The van der Waals surface area contributed by atoms with Crippen molar-refractivity contribution >= 4 is 35.6 Å². The number of aliphatic hydroxyl groups excluding tert-OH is 1. The molecule has 3 N–H and O–H groups in total. The van der Waals surface area contributed by atoms with Gasteiger partial charge in [0.15, 0.2) is 5.96 Å². The maximum atomic E-state index is 9.33. The maximum Gasteiger partial charge on any atom is 0.191 e. The summed E-state index contributed by atoms with van der Waals surface area (Å²) in [6, 6.07) is 8.81. The molecule has 2 heterocycles. The fourth-order valence-corrected chi connectivity index (χ4v) is 4.61. The molecule has 2 aliphatic heterocycles. The second kappa shape index (κ2) is 13.6. The number of aliphatic imine (C=N–C) groups is 1. The zero-order valence-electron chi connectivity index (χ0n) is 20.3. The zero-order valence-corrected chi connectivity index (χ0v) is 22.6. The van der Waals surface area contributed by atoms with E-state index in [1.807, 2.05) is 0 Å². The first kappa shape index (κ1) is 27.2. The minimum absolute atomic E-state index is 0. The standard InChI is InChI=1S/C25H43N5O.HI/c1-4-26-24(28-20-25(2,3)30-14-6-5-7-15-30)27-18-21-8-10-23(11-9-21)29-16-12-22(19-31)13-17-29;/h8-11,22,31H,4-7,12-20H2,1-3H3,(H2,26,27,28);1H. The van der Waals surface area contributed by atoms with E-state index in [4.69, 9.17) is 4.99 Å². The van der Waals surface area contributed by atoms with Gasteiger partial charge >= 0.3 is 0 Å². The Morgan fingerprint density at radius 1 is 1.03 bits per heavy atom. The van der Waals surface area contributed by atoms with Crippen molar-refractivity contribution < 1.29 is 5.11 Å². The predicted molar refractivity (Wildman–Crippen MR) is 146 cm³/mol. The first-order valence-electron chi connectivity index (χ1n) is 12.2. The fourth-order valence-electron chi connectivity index (χ4n) is 4.61. The van der Waals surface area contributed by atoms with Crippen LogP contribution in [-0.4, -0.2) is 67.4 Å². The number of hydrogen-bond donors (Lipinski definition) is 3. The molecule has 0 amide bonds. The summed E-state index contributed by atoms with van der Waals surface area (Å²) in [6.07, 6.45) is 6.14. The number of halogens is 1. The van der Waals surface area contributed by atoms with Crippen molar-refractivity contribution in [3.05, 3.63) is 29.8 Å². The highest BCUT2D eigenvalue weighted by Crippen LogP contribution is 2.23. The number of likely N-dealkylation sites (tertiary alicyclic amines) is 1. The quantitative estimate of drug-likeness (QED) is 0.258. The molecule has 1 aromatic rings. The van der Waals surface area contributed by atoms with E-state index in [9.17, 15) is 5.11 Å². The molecule has 0 atom stereocenters. The van der Waals surface area contributed by atoms with Crippen molar-refractivity contribution in [2.75, 3.05) is 50.8 Å². The molecule has 0 aromatic heterocycles. The van der Waals surface area contributed by atoms with Crippen LogP contribution in [0.15, 0.2) is 29.3 Å². The van der Waals surface area contributed by atoms with Gasteiger partial charge in [0.1, 0.15) is 0 Å². The van der Waals surface area contributed by atoms with Crippen LogP contribution < -0.4 is 15.5 Å². The molecule has 2 aliphatic rings. The van der Waals surface area contributed by atoms with Crippen LogP contribution in [0.5, 0.6) is 0 Å². The van der Waals surface area contributed by atoms with Crippen molar-refractivity contribution in [3.63, 3.8) is 0 Å². The molecule has 2 saturated heterocycles. The molecule has 0 unspecified atom stereocenters. The third-order valence-electron chi connectivity index (χ3n) is 6.84. The summed E-state index contributed by atoms with van der Waals surface area (Å²) in [7, 11) is 0. The lowest BCUT2D eigenvalue weighted by atomic mass is 9.97. The van der Waals surface area contributed by atoms with E-state index < -0.39 is 0 Å². The molecule has 0 bridgehead atoms. The Hall–Kier alpha value is -1.06. The lowest BCUT2D eigenvalue weighted by molar-refractivity contribution is 0.0982. The molecule has 0 spiro atoms. The molecule has 0 saturated carbocycles. The molecular formula is C25H44IN5O. The van der Waals surface area contributed by atoms with Gasteiger partial charge in [-0.25, -0.2) is 4.99 Å². The summed E-state index contributed by atoms with van der Waals surface area (Å²) in [4.78, 5) is 9.86. The van der Waals surface area contributed by atoms with E-state index in [1.54, 1.807) is 0 Å². The second-order valence-corrected chi connectivity index (χ2v) is 9.69. The third-order valence-corrected chi connectivity index (χ3v) is 6.84. The summed E-state index contributed by atoms with van der Waals surface area (Å²) < 4.78 is 0. The minimum atomic E-state index is 0. The van der Waals surface area contributed by atoms with Crippen LogP contribution in [-0.2, 0) is 6.54 Å². The summed E-state index contributed by atoms with van der Waals surface area (Å²) in [6.45, 7) is 14.0. The smallest absolute Gasteiger partial charge is 0.191 e. The third kappa shape index (κ3) is 8.06. The van der Waals surface area contributed by atoms with E-state index in [1.165, 1.54) is 43.6 Å². The normalized spacial score (nSPS) is 18.9. The number of anilines is 1. The Labute approximate surface area is 212 Å². The Bertz CT molecular complexity index is 680. The number of rotatable bonds is 8. The van der Waals surface area contributed by atoms with Crippen LogP contribution in [0.4, 0.5) is 5.69 Å². The number of benzene rings is 1. The molecule has 6 nitrogen and oxygen atoms in total. The van der Waals surface area contributed by atoms with Gasteiger partial charge in [-0.1, -0.05) is 18.6 Å². The Kier molecular flexibility index (Phi) is 11.6. The fraction of sp³-hybridized carbons (Fsp3) is 0.720. The van der Waals surface area contributed by atoms with Crippen LogP contribution in [0.2, 0.25) is 0 Å². The molecule has 3 rings (SSSR count). The van der Waals surface area contributed by atoms with Gasteiger partial charge in [0.25, 0.3) is 0 Å². The van der Waals surface area contributed by atoms with E-state index in [-0.39, 0.29) is 29.5 Å². The largest absolute Gasteiger partial charge is 0.396 e. The summed E-state index contributed by atoms with van der Waals surface area (Å²) in [5.41, 5.74) is 2.63. The highest BCUT2D eigenvalue weighted by molar-refractivity contribution is 14.0. The average Bonchev–Trinajstić information content (AvgIpc) is 2.82. The number of nitrogens with one attached hydrogen (secondary N) is 2. The second-order valence-electron chi connectivity index (χ2n) is 9.69. The van der Waals surface area contributed by atoms with Gasteiger partial charge in [-0.05, 0) is 83.2 Å². The van der Waals surface area contributed by atoms with Gasteiger partial charge in [-0.3, -0.25) is 4.90 Å². The molecule has 1 aromatic carbocycles.